The van der Waals surface area contributed by atoms with E-state index in [2.05, 4.69) is 9.15 Å². The fourth-order valence-corrected chi connectivity index (χ4v) is 1.28. The van der Waals surface area contributed by atoms with E-state index in [4.69, 9.17) is 5.11 Å². The number of rotatable bonds is 1. The average Bonchev–Trinajstić information content (AvgIpc) is 2.23. The van der Waals surface area contributed by atoms with Gasteiger partial charge in [-0.2, -0.15) is 0 Å². The highest BCUT2D eigenvalue weighted by Crippen LogP contribution is 2.11. The monoisotopic (exact) mass is 208 g/mol. The highest BCUT2D eigenvalue weighted by atomic mass is 17.0. The maximum Gasteiger partial charge on any atom is 0.388 e. The second-order valence-electron chi connectivity index (χ2n) is 2.77. The molecule has 6 nitrogen and oxygen atoms in total. The van der Waals surface area contributed by atoms with E-state index in [9.17, 15) is 14.4 Å². The van der Waals surface area contributed by atoms with E-state index >= 15 is 0 Å². The lowest BCUT2D eigenvalue weighted by Crippen LogP contribution is -2.13. The molecular formula is C9H4O6. The molecule has 2 rings (SSSR count). The van der Waals surface area contributed by atoms with Crippen LogP contribution in [0.3, 0.4) is 0 Å². The smallest absolute Gasteiger partial charge is 0.388 e. The zero-order valence-corrected chi connectivity index (χ0v) is 7.22. The van der Waals surface area contributed by atoms with Crippen LogP contribution in [-0.4, -0.2) is 11.1 Å². The number of carboxylic acids is 1. The third-order valence-corrected chi connectivity index (χ3v) is 1.91. The van der Waals surface area contributed by atoms with Gasteiger partial charge in [-0.25, -0.2) is 23.5 Å². The van der Waals surface area contributed by atoms with Gasteiger partial charge >= 0.3 is 17.2 Å². The number of hydrogen-bond acceptors (Lipinski definition) is 5. The number of hydrogen-bond donors (Lipinski definition) is 1. The molecule has 0 amide bonds. The molecule has 0 unspecified atom stereocenters. The van der Waals surface area contributed by atoms with Crippen LogP contribution in [0.4, 0.5) is 0 Å². The summed E-state index contributed by atoms with van der Waals surface area (Å²) in [6, 6.07) is 3.85. The topological polar surface area (TPSA) is 97.7 Å². The Morgan fingerprint density at radius 2 is 1.80 bits per heavy atom. The largest absolute Gasteiger partial charge is 0.478 e. The SMILES string of the molecule is O=C(O)c1cccc2c(=O)ooc(=O)c12. The molecule has 15 heavy (non-hydrogen) atoms. The predicted octanol–water partition coefficient (Wildman–Crippen LogP) is 0.444. The summed E-state index contributed by atoms with van der Waals surface area (Å²) in [4.78, 5) is 33.1. The van der Waals surface area contributed by atoms with Crippen LogP contribution in [0.5, 0.6) is 0 Å². The fourth-order valence-electron chi connectivity index (χ4n) is 1.28. The summed E-state index contributed by atoms with van der Waals surface area (Å²) in [5.41, 5.74) is -2.15. The molecule has 0 aliphatic rings. The number of fused-ring (bicyclic) bond motifs is 1. The summed E-state index contributed by atoms with van der Waals surface area (Å²) in [5, 5.41) is 8.40. The molecule has 1 heterocycles. The Morgan fingerprint density at radius 1 is 1.13 bits per heavy atom. The van der Waals surface area contributed by atoms with Crippen LogP contribution in [0.1, 0.15) is 10.4 Å². The molecule has 1 aromatic heterocycles. The molecule has 76 valence electrons. The highest BCUT2D eigenvalue weighted by molar-refractivity contribution is 6.02. The molecule has 0 bridgehead atoms. The van der Waals surface area contributed by atoms with E-state index in [0.29, 0.717) is 0 Å². The molecule has 0 aliphatic heterocycles. The van der Waals surface area contributed by atoms with Crippen LogP contribution in [0.25, 0.3) is 10.8 Å². The Hall–Kier alpha value is -2.37. The first-order chi connectivity index (χ1) is 7.11. The summed E-state index contributed by atoms with van der Waals surface area (Å²) < 4.78 is 8.13. The predicted molar refractivity (Wildman–Crippen MR) is 48.0 cm³/mol. The molecule has 0 fully saturated rings. The van der Waals surface area contributed by atoms with Crippen LogP contribution in [0.2, 0.25) is 0 Å². The van der Waals surface area contributed by atoms with Gasteiger partial charge in [-0.3, -0.25) is 0 Å². The quantitative estimate of drug-likeness (QED) is 0.683. The van der Waals surface area contributed by atoms with Crippen molar-refractivity contribution in [3.63, 3.8) is 0 Å². The Labute approximate surface area is 81.3 Å². The second-order valence-corrected chi connectivity index (χ2v) is 2.77. The molecular weight excluding hydrogens is 204 g/mol. The van der Waals surface area contributed by atoms with E-state index in [1.54, 1.807) is 0 Å². The van der Waals surface area contributed by atoms with E-state index in [-0.39, 0.29) is 16.3 Å². The third-order valence-electron chi connectivity index (χ3n) is 1.91. The first kappa shape index (κ1) is 9.20. The van der Waals surface area contributed by atoms with Crippen LogP contribution in [0.15, 0.2) is 36.9 Å². The molecule has 2 aromatic rings. The fraction of sp³-hybridized carbons (Fsp3) is 0. The van der Waals surface area contributed by atoms with Crippen LogP contribution in [0, 0.1) is 0 Å². The maximum atomic E-state index is 11.2. The first-order valence-corrected chi connectivity index (χ1v) is 3.90. The Morgan fingerprint density at radius 3 is 2.47 bits per heavy atom. The molecule has 0 spiro atoms. The van der Waals surface area contributed by atoms with Gasteiger partial charge in [0.05, 0.1) is 16.3 Å². The zero-order valence-electron chi connectivity index (χ0n) is 7.22. The summed E-state index contributed by atoms with van der Waals surface area (Å²) >= 11 is 0. The highest BCUT2D eigenvalue weighted by Gasteiger charge is 2.15. The summed E-state index contributed by atoms with van der Waals surface area (Å²) in [7, 11) is 0. The van der Waals surface area contributed by atoms with Crippen molar-refractivity contribution < 1.29 is 19.1 Å². The number of carboxylic acid groups (broad SMARTS) is 1. The van der Waals surface area contributed by atoms with Gasteiger partial charge in [0, 0.05) is 0 Å². The van der Waals surface area contributed by atoms with Gasteiger partial charge in [0.15, 0.2) is 0 Å². The van der Waals surface area contributed by atoms with E-state index in [1.165, 1.54) is 18.2 Å². The van der Waals surface area contributed by atoms with Crippen molar-refractivity contribution in [3.8, 4) is 0 Å². The minimum atomic E-state index is -1.31. The standard InChI is InChI=1S/C9H4O6/c10-7(11)4-2-1-3-5-6(4)9(13)15-14-8(5)12/h1-3H,(H,10,11). The lowest BCUT2D eigenvalue weighted by atomic mass is 10.1. The average molecular weight is 208 g/mol. The minimum absolute atomic E-state index is 0.105. The van der Waals surface area contributed by atoms with Gasteiger partial charge in [-0.05, 0) is 12.1 Å². The number of benzene rings is 1. The zero-order chi connectivity index (χ0) is 11.0. The van der Waals surface area contributed by atoms with Crippen molar-refractivity contribution in [1.29, 1.82) is 0 Å². The lowest BCUT2D eigenvalue weighted by molar-refractivity contribution is 0.0215. The second kappa shape index (κ2) is 3.09. The Kier molecular flexibility index (Phi) is 1.89. The molecule has 0 aliphatic carbocycles. The lowest BCUT2D eigenvalue weighted by Gasteiger charge is -1.96. The van der Waals surface area contributed by atoms with E-state index in [0.717, 1.165) is 0 Å². The van der Waals surface area contributed by atoms with Crippen LogP contribution in [-0.2, 0) is 0 Å². The molecule has 0 saturated carbocycles. The molecule has 0 atom stereocenters. The van der Waals surface area contributed by atoms with Crippen LogP contribution >= 0.6 is 0 Å². The molecule has 0 saturated heterocycles. The van der Waals surface area contributed by atoms with Crippen molar-refractivity contribution in [2.45, 2.75) is 0 Å². The van der Waals surface area contributed by atoms with Gasteiger partial charge < -0.3 is 5.11 Å². The van der Waals surface area contributed by atoms with Gasteiger partial charge in [0.1, 0.15) is 0 Å². The number of aromatic carboxylic acids is 1. The normalized spacial score (nSPS) is 10.4. The van der Waals surface area contributed by atoms with Gasteiger partial charge in [0.2, 0.25) is 0 Å². The Bertz CT molecular complexity index is 647. The van der Waals surface area contributed by atoms with Crippen LogP contribution < -0.4 is 11.3 Å². The molecule has 6 heteroatoms. The van der Waals surface area contributed by atoms with E-state index in [1.807, 2.05) is 0 Å². The Balaban J connectivity index is 3.10. The van der Waals surface area contributed by atoms with Gasteiger partial charge in [-0.15, -0.1) is 0 Å². The molecule has 1 N–H and O–H groups in total. The van der Waals surface area contributed by atoms with E-state index < -0.39 is 17.2 Å². The summed E-state index contributed by atoms with van der Waals surface area (Å²) in [5.74, 6) is -1.31. The van der Waals surface area contributed by atoms with Gasteiger partial charge in [0.25, 0.3) is 0 Å². The third kappa shape index (κ3) is 1.32. The molecule has 1 aromatic carbocycles. The maximum absolute atomic E-state index is 11.2. The van der Waals surface area contributed by atoms with Crippen molar-refractivity contribution in [2.75, 3.05) is 0 Å². The summed E-state index contributed by atoms with van der Waals surface area (Å²) in [6.45, 7) is 0. The molecule has 0 radical (unpaired) electrons. The number of carbonyl (C=O) groups is 1. The van der Waals surface area contributed by atoms with Crippen molar-refractivity contribution in [3.05, 3.63) is 44.6 Å². The summed E-state index contributed by atoms with van der Waals surface area (Å²) in [6.07, 6.45) is 0. The van der Waals surface area contributed by atoms with Crippen molar-refractivity contribution in [1.82, 2.24) is 0 Å². The van der Waals surface area contributed by atoms with Crippen molar-refractivity contribution >= 4 is 16.7 Å². The first-order valence-electron chi connectivity index (χ1n) is 3.90. The minimum Gasteiger partial charge on any atom is -0.478 e. The van der Waals surface area contributed by atoms with Crippen molar-refractivity contribution in [2.24, 2.45) is 0 Å². The van der Waals surface area contributed by atoms with Gasteiger partial charge in [-0.1, -0.05) is 6.07 Å².